The number of amides is 1. The Morgan fingerprint density at radius 2 is 1.87 bits per heavy atom. The van der Waals surface area contributed by atoms with Crippen molar-refractivity contribution in [2.75, 3.05) is 6.61 Å². The lowest BCUT2D eigenvalue weighted by atomic mass is 9.86. The van der Waals surface area contributed by atoms with Crippen LogP contribution in [-0.2, 0) is 25.4 Å². The standard InChI is InChI=1S/C25H39NO5/c1-17(2)16-29-22-18(3)30-23(27)21(26-24(28)31-25(4,5)6)14-10-13-20(22)15-19-11-8-7-9-12-19/h7-9,11-12,17-18,20-22H,10,13-16H2,1-6H3,(H,26,28). The van der Waals surface area contributed by atoms with Crippen LogP contribution in [0.2, 0.25) is 0 Å². The molecule has 1 aliphatic heterocycles. The van der Waals surface area contributed by atoms with Gasteiger partial charge in [0.2, 0.25) is 0 Å². The Kier molecular flexibility index (Phi) is 9.35. The van der Waals surface area contributed by atoms with Crippen molar-refractivity contribution in [2.24, 2.45) is 11.8 Å². The van der Waals surface area contributed by atoms with Crippen LogP contribution in [0.3, 0.4) is 0 Å². The molecular weight excluding hydrogens is 394 g/mol. The van der Waals surface area contributed by atoms with Gasteiger partial charge in [0, 0.05) is 6.61 Å². The lowest BCUT2D eigenvalue weighted by molar-refractivity contribution is -0.161. The zero-order valence-corrected chi connectivity index (χ0v) is 19.9. The fourth-order valence-corrected chi connectivity index (χ4v) is 3.87. The second kappa shape index (κ2) is 11.5. The second-order valence-corrected chi connectivity index (χ2v) is 9.91. The van der Waals surface area contributed by atoms with Crippen molar-refractivity contribution in [3.63, 3.8) is 0 Å². The molecule has 0 spiro atoms. The lowest BCUT2D eigenvalue weighted by Gasteiger charge is -2.32. The van der Waals surface area contributed by atoms with Crippen molar-refractivity contribution in [1.29, 1.82) is 0 Å². The van der Waals surface area contributed by atoms with Gasteiger partial charge in [-0.1, -0.05) is 50.6 Å². The summed E-state index contributed by atoms with van der Waals surface area (Å²) in [5, 5.41) is 2.69. The van der Waals surface area contributed by atoms with E-state index in [-0.39, 0.29) is 12.0 Å². The molecule has 4 unspecified atom stereocenters. The zero-order valence-electron chi connectivity index (χ0n) is 19.9. The van der Waals surface area contributed by atoms with E-state index in [1.165, 1.54) is 5.56 Å². The molecule has 1 amide bonds. The average Bonchev–Trinajstić information content (AvgIpc) is 2.70. The number of cyclic esters (lactones) is 1. The molecule has 0 aromatic heterocycles. The van der Waals surface area contributed by atoms with Crippen molar-refractivity contribution in [2.45, 2.75) is 91.1 Å². The van der Waals surface area contributed by atoms with Gasteiger partial charge in [0.25, 0.3) is 0 Å². The molecule has 1 fully saturated rings. The van der Waals surface area contributed by atoms with Gasteiger partial charge in [-0.3, -0.25) is 0 Å². The Balaban J connectivity index is 2.15. The third-order valence-corrected chi connectivity index (χ3v) is 5.24. The van der Waals surface area contributed by atoms with Crippen molar-refractivity contribution < 1.29 is 23.8 Å². The molecule has 0 aliphatic carbocycles. The molecule has 1 saturated heterocycles. The van der Waals surface area contributed by atoms with Crippen molar-refractivity contribution in [1.82, 2.24) is 5.32 Å². The van der Waals surface area contributed by atoms with Crippen LogP contribution < -0.4 is 5.32 Å². The number of rotatable bonds is 6. The summed E-state index contributed by atoms with van der Waals surface area (Å²) in [5.41, 5.74) is 0.614. The number of alkyl carbamates (subject to hydrolysis) is 1. The maximum absolute atomic E-state index is 12.8. The number of benzene rings is 1. The first-order valence-corrected chi connectivity index (χ1v) is 11.4. The highest BCUT2D eigenvalue weighted by atomic mass is 16.6. The van der Waals surface area contributed by atoms with Gasteiger partial charge in [0.15, 0.2) is 0 Å². The number of hydrogen-bond donors (Lipinski definition) is 1. The highest BCUT2D eigenvalue weighted by Crippen LogP contribution is 2.28. The van der Waals surface area contributed by atoms with Crippen LogP contribution in [-0.4, -0.2) is 42.5 Å². The first kappa shape index (κ1) is 25.2. The second-order valence-electron chi connectivity index (χ2n) is 9.91. The molecule has 1 N–H and O–H groups in total. The number of ether oxygens (including phenoxy) is 3. The lowest BCUT2D eigenvalue weighted by Crippen LogP contribution is -2.46. The van der Waals surface area contributed by atoms with Crippen LogP contribution in [0.4, 0.5) is 4.79 Å². The van der Waals surface area contributed by atoms with E-state index in [0.29, 0.717) is 18.9 Å². The number of esters is 1. The summed E-state index contributed by atoms with van der Waals surface area (Å²) >= 11 is 0. The Bertz CT molecular complexity index is 698. The molecule has 31 heavy (non-hydrogen) atoms. The fourth-order valence-electron chi connectivity index (χ4n) is 3.87. The predicted molar refractivity (Wildman–Crippen MR) is 121 cm³/mol. The molecule has 1 aromatic carbocycles. The maximum Gasteiger partial charge on any atom is 0.408 e. The van der Waals surface area contributed by atoms with E-state index >= 15 is 0 Å². The van der Waals surface area contributed by atoms with E-state index < -0.39 is 29.8 Å². The molecule has 1 heterocycles. The van der Waals surface area contributed by atoms with Crippen LogP contribution >= 0.6 is 0 Å². The van der Waals surface area contributed by atoms with E-state index in [1.807, 2.05) is 25.1 Å². The quantitative estimate of drug-likeness (QED) is 0.646. The molecule has 2 rings (SSSR count). The highest BCUT2D eigenvalue weighted by molar-refractivity contribution is 5.81. The Labute approximate surface area is 187 Å². The summed E-state index contributed by atoms with van der Waals surface area (Å²) in [6.07, 6.45) is 1.80. The third-order valence-electron chi connectivity index (χ3n) is 5.24. The molecule has 0 saturated carbocycles. The van der Waals surface area contributed by atoms with E-state index in [9.17, 15) is 9.59 Å². The number of hydrogen-bond acceptors (Lipinski definition) is 5. The first-order chi connectivity index (χ1) is 14.5. The molecule has 0 bridgehead atoms. The third kappa shape index (κ3) is 8.90. The summed E-state index contributed by atoms with van der Waals surface area (Å²) in [4.78, 5) is 25.1. The molecule has 0 radical (unpaired) electrons. The summed E-state index contributed by atoms with van der Waals surface area (Å²) in [7, 11) is 0. The van der Waals surface area contributed by atoms with Gasteiger partial charge < -0.3 is 19.5 Å². The van der Waals surface area contributed by atoms with Crippen molar-refractivity contribution in [3.8, 4) is 0 Å². The molecule has 4 atom stereocenters. The van der Waals surface area contributed by atoms with Gasteiger partial charge in [-0.15, -0.1) is 0 Å². The van der Waals surface area contributed by atoms with Crippen LogP contribution in [0.1, 0.15) is 66.4 Å². The van der Waals surface area contributed by atoms with E-state index in [0.717, 1.165) is 19.3 Å². The minimum Gasteiger partial charge on any atom is -0.458 e. The molecule has 1 aromatic rings. The molecule has 6 heteroatoms. The van der Waals surface area contributed by atoms with Crippen LogP contribution in [0, 0.1) is 11.8 Å². The molecular formula is C25H39NO5. The number of carbonyl (C=O) groups is 2. The molecule has 174 valence electrons. The van der Waals surface area contributed by atoms with Gasteiger partial charge in [0.1, 0.15) is 17.7 Å². The molecule has 1 aliphatic rings. The minimum absolute atomic E-state index is 0.202. The Morgan fingerprint density at radius 3 is 2.48 bits per heavy atom. The summed E-state index contributed by atoms with van der Waals surface area (Å²) in [5.74, 6) is 0.163. The summed E-state index contributed by atoms with van der Waals surface area (Å²) in [6.45, 7) is 12.1. The van der Waals surface area contributed by atoms with Gasteiger partial charge in [-0.05, 0) is 64.4 Å². The van der Waals surface area contributed by atoms with E-state index in [1.54, 1.807) is 20.8 Å². The number of nitrogens with one attached hydrogen (secondary N) is 1. The minimum atomic E-state index is -0.724. The van der Waals surface area contributed by atoms with Gasteiger partial charge >= 0.3 is 12.1 Å². The first-order valence-electron chi connectivity index (χ1n) is 11.4. The van der Waals surface area contributed by atoms with E-state index in [4.69, 9.17) is 14.2 Å². The smallest absolute Gasteiger partial charge is 0.408 e. The average molecular weight is 434 g/mol. The summed E-state index contributed by atoms with van der Waals surface area (Å²) in [6, 6.07) is 9.61. The fraction of sp³-hybridized carbons (Fsp3) is 0.680. The monoisotopic (exact) mass is 433 g/mol. The largest absolute Gasteiger partial charge is 0.458 e. The maximum atomic E-state index is 12.8. The van der Waals surface area contributed by atoms with E-state index in [2.05, 4.69) is 31.3 Å². The van der Waals surface area contributed by atoms with Crippen molar-refractivity contribution in [3.05, 3.63) is 35.9 Å². The van der Waals surface area contributed by atoms with Crippen LogP contribution in [0.5, 0.6) is 0 Å². The van der Waals surface area contributed by atoms with Crippen LogP contribution in [0.15, 0.2) is 30.3 Å². The topological polar surface area (TPSA) is 73.9 Å². The van der Waals surface area contributed by atoms with Gasteiger partial charge in [-0.25, -0.2) is 9.59 Å². The number of carbonyl (C=O) groups excluding carboxylic acids is 2. The molecule has 6 nitrogen and oxygen atoms in total. The van der Waals surface area contributed by atoms with Crippen molar-refractivity contribution >= 4 is 12.1 Å². The summed E-state index contributed by atoms with van der Waals surface area (Å²) < 4.78 is 17.4. The zero-order chi connectivity index (χ0) is 23.0. The van der Waals surface area contributed by atoms with Crippen LogP contribution in [0.25, 0.3) is 0 Å². The van der Waals surface area contributed by atoms with Gasteiger partial charge in [-0.2, -0.15) is 0 Å². The highest BCUT2D eigenvalue weighted by Gasteiger charge is 2.35. The predicted octanol–water partition coefficient (Wildman–Crippen LogP) is 4.90. The Hall–Kier alpha value is -2.08. The normalized spacial score (nSPS) is 25.2. The SMILES string of the molecule is CC(C)COC1C(Cc2ccccc2)CCCC(NC(=O)OC(C)(C)C)C(=O)OC1C. The van der Waals surface area contributed by atoms with Gasteiger partial charge in [0.05, 0.1) is 6.10 Å². The Morgan fingerprint density at radius 1 is 1.19 bits per heavy atom.